The van der Waals surface area contributed by atoms with E-state index in [0.29, 0.717) is 0 Å². The molecule has 0 aromatic rings. The summed E-state index contributed by atoms with van der Waals surface area (Å²) in [6, 6.07) is 0.125. The summed E-state index contributed by atoms with van der Waals surface area (Å²) < 4.78 is 0. The smallest absolute Gasteiger partial charge is 0.229 e. The maximum absolute atomic E-state index is 11.4. The van der Waals surface area contributed by atoms with Crippen molar-refractivity contribution in [3.05, 3.63) is 0 Å². The minimum Gasteiger partial charge on any atom is -0.353 e. The largest absolute Gasteiger partial charge is 0.353 e. The molecule has 2 amide bonds. The zero-order valence-electron chi connectivity index (χ0n) is 10.3. The molecule has 0 aliphatic heterocycles. The molecule has 4 nitrogen and oxygen atoms in total. The predicted molar refractivity (Wildman–Crippen MR) is 60.4 cm³/mol. The summed E-state index contributed by atoms with van der Waals surface area (Å²) in [6.45, 7) is 9.56. The van der Waals surface area contributed by atoms with Gasteiger partial charge in [0, 0.05) is 11.6 Å². The molecule has 0 aromatic heterocycles. The molecule has 0 aliphatic carbocycles. The van der Waals surface area contributed by atoms with E-state index in [0.717, 1.165) is 6.42 Å². The van der Waals surface area contributed by atoms with E-state index in [-0.39, 0.29) is 29.8 Å². The van der Waals surface area contributed by atoms with Gasteiger partial charge in [-0.2, -0.15) is 0 Å². The molecule has 0 aliphatic rings. The van der Waals surface area contributed by atoms with Crippen molar-refractivity contribution in [1.82, 2.24) is 10.6 Å². The summed E-state index contributed by atoms with van der Waals surface area (Å²) in [5.41, 5.74) is -0.284. The minimum absolute atomic E-state index is 0.0956. The molecule has 4 heteroatoms. The number of hydrogen-bond acceptors (Lipinski definition) is 2. The van der Waals surface area contributed by atoms with Crippen LogP contribution in [-0.2, 0) is 9.59 Å². The van der Waals surface area contributed by atoms with Gasteiger partial charge in [-0.15, -0.1) is 0 Å². The fourth-order valence-electron chi connectivity index (χ4n) is 1.04. The van der Waals surface area contributed by atoms with Crippen LogP contribution in [0.5, 0.6) is 0 Å². The number of amides is 2. The molecule has 0 heterocycles. The van der Waals surface area contributed by atoms with Crippen LogP contribution in [0.2, 0.25) is 0 Å². The molecule has 88 valence electrons. The monoisotopic (exact) mass is 214 g/mol. The normalized spacial score (nSPS) is 13.1. The van der Waals surface area contributed by atoms with Gasteiger partial charge < -0.3 is 10.6 Å². The fourth-order valence-corrected chi connectivity index (χ4v) is 1.04. The third kappa shape index (κ3) is 7.97. The van der Waals surface area contributed by atoms with Gasteiger partial charge in [-0.1, -0.05) is 6.92 Å². The van der Waals surface area contributed by atoms with Crippen molar-refractivity contribution in [2.75, 3.05) is 0 Å². The Hall–Kier alpha value is -1.06. The van der Waals surface area contributed by atoms with Gasteiger partial charge in [0.05, 0.1) is 0 Å². The summed E-state index contributed by atoms with van der Waals surface area (Å²) in [5, 5.41) is 5.49. The van der Waals surface area contributed by atoms with Crippen LogP contribution in [0.3, 0.4) is 0 Å². The van der Waals surface area contributed by atoms with Crippen molar-refractivity contribution in [3.63, 3.8) is 0 Å². The average molecular weight is 214 g/mol. The second kappa shape index (κ2) is 5.73. The molecule has 2 N–H and O–H groups in total. The van der Waals surface area contributed by atoms with E-state index in [1.807, 2.05) is 34.6 Å². The van der Waals surface area contributed by atoms with Crippen molar-refractivity contribution in [1.29, 1.82) is 0 Å². The minimum atomic E-state index is -0.284. The third-order valence-corrected chi connectivity index (χ3v) is 1.86. The van der Waals surface area contributed by atoms with Crippen LogP contribution in [0.25, 0.3) is 0 Å². The Kier molecular flexibility index (Phi) is 5.33. The van der Waals surface area contributed by atoms with Gasteiger partial charge in [0.15, 0.2) is 0 Å². The molecule has 0 spiro atoms. The zero-order chi connectivity index (χ0) is 12.1. The van der Waals surface area contributed by atoms with Crippen LogP contribution in [0.4, 0.5) is 0 Å². The first-order valence-corrected chi connectivity index (χ1v) is 5.35. The van der Waals surface area contributed by atoms with Crippen LogP contribution in [0, 0.1) is 0 Å². The summed E-state index contributed by atoms with van der Waals surface area (Å²) in [7, 11) is 0. The quantitative estimate of drug-likeness (QED) is 0.691. The second-order valence-electron chi connectivity index (χ2n) is 4.85. The van der Waals surface area contributed by atoms with Gasteiger partial charge >= 0.3 is 0 Å². The van der Waals surface area contributed by atoms with Gasteiger partial charge in [-0.25, -0.2) is 0 Å². The highest BCUT2D eigenvalue weighted by atomic mass is 16.2. The van der Waals surface area contributed by atoms with Crippen LogP contribution >= 0.6 is 0 Å². The van der Waals surface area contributed by atoms with Gasteiger partial charge in [0.25, 0.3) is 0 Å². The molecule has 0 saturated carbocycles. The number of carbonyl (C=O) groups is 2. The van der Waals surface area contributed by atoms with E-state index in [2.05, 4.69) is 10.6 Å². The first-order valence-electron chi connectivity index (χ1n) is 5.35. The van der Waals surface area contributed by atoms with E-state index in [9.17, 15) is 9.59 Å². The molecule has 0 radical (unpaired) electrons. The van der Waals surface area contributed by atoms with Crippen molar-refractivity contribution in [2.24, 2.45) is 0 Å². The summed E-state index contributed by atoms with van der Waals surface area (Å²) >= 11 is 0. The highest BCUT2D eigenvalue weighted by molar-refractivity contribution is 5.97. The van der Waals surface area contributed by atoms with Crippen LogP contribution in [0.15, 0.2) is 0 Å². The summed E-state index contributed by atoms with van der Waals surface area (Å²) in [6.07, 6.45) is 0.772. The third-order valence-electron chi connectivity index (χ3n) is 1.86. The molecule has 0 fully saturated rings. The molecule has 1 unspecified atom stereocenters. The standard InChI is InChI=1S/C11H22N2O2/c1-6-8(2)12-9(14)7-10(15)13-11(3,4)5/h8H,6-7H2,1-5H3,(H,12,14)(H,13,15). The second-order valence-corrected chi connectivity index (χ2v) is 4.85. The molecular weight excluding hydrogens is 192 g/mol. The molecule has 15 heavy (non-hydrogen) atoms. The number of carbonyl (C=O) groups excluding carboxylic acids is 2. The lowest BCUT2D eigenvalue weighted by Crippen LogP contribution is -2.43. The topological polar surface area (TPSA) is 58.2 Å². The number of nitrogens with one attached hydrogen (secondary N) is 2. The lowest BCUT2D eigenvalue weighted by Gasteiger charge is -2.20. The Bertz CT molecular complexity index is 231. The molecule has 0 bridgehead atoms. The van der Waals surface area contributed by atoms with E-state index < -0.39 is 0 Å². The van der Waals surface area contributed by atoms with E-state index >= 15 is 0 Å². The van der Waals surface area contributed by atoms with Crippen molar-refractivity contribution >= 4 is 11.8 Å². The predicted octanol–water partition coefficient (Wildman–Crippen LogP) is 1.21. The molecule has 0 aromatic carbocycles. The summed E-state index contributed by atoms with van der Waals surface area (Å²) in [5.74, 6) is -0.450. The number of hydrogen-bond donors (Lipinski definition) is 2. The number of rotatable bonds is 4. The van der Waals surface area contributed by atoms with Gasteiger partial charge in [-0.05, 0) is 34.1 Å². The first kappa shape index (κ1) is 13.9. The zero-order valence-corrected chi connectivity index (χ0v) is 10.3. The van der Waals surface area contributed by atoms with E-state index in [1.165, 1.54) is 0 Å². The van der Waals surface area contributed by atoms with Gasteiger partial charge in [0.1, 0.15) is 6.42 Å². The van der Waals surface area contributed by atoms with Crippen LogP contribution in [0.1, 0.15) is 47.5 Å². The molecule has 0 saturated heterocycles. The van der Waals surface area contributed by atoms with Gasteiger partial charge in [-0.3, -0.25) is 9.59 Å². The maximum Gasteiger partial charge on any atom is 0.229 e. The molecule has 0 rings (SSSR count). The van der Waals surface area contributed by atoms with Crippen molar-refractivity contribution in [2.45, 2.75) is 59.0 Å². The molecular formula is C11H22N2O2. The van der Waals surface area contributed by atoms with Crippen LogP contribution in [-0.4, -0.2) is 23.4 Å². The molecule has 1 atom stereocenters. The maximum atomic E-state index is 11.4. The SMILES string of the molecule is CCC(C)NC(=O)CC(=O)NC(C)(C)C. The Balaban J connectivity index is 3.92. The van der Waals surface area contributed by atoms with Crippen LogP contribution < -0.4 is 10.6 Å². The highest BCUT2D eigenvalue weighted by Crippen LogP contribution is 1.99. The Morgan fingerprint density at radius 3 is 2.13 bits per heavy atom. The first-order chi connectivity index (χ1) is 6.74. The average Bonchev–Trinajstić information content (AvgIpc) is 1.99. The van der Waals surface area contributed by atoms with Crippen molar-refractivity contribution < 1.29 is 9.59 Å². The highest BCUT2D eigenvalue weighted by Gasteiger charge is 2.16. The summed E-state index contributed by atoms with van der Waals surface area (Å²) in [4.78, 5) is 22.7. The fraction of sp³-hybridized carbons (Fsp3) is 0.818. The van der Waals surface area contributed by atoms with Gasteiger partial charge in [0.2, 0.25) is 11.8 Å². The van der Waals surface area contributed by atoms with E-state index in [1.54, 1.807) is 0 Å². The Morgan fingerprint density at radius 2 is 1.73 bits per heavy atom. The lowest BCUT2D eigenvalue weighted by molar-refractivity contribution is -0.130. The Labute approximate surface area is 91.8 Å². The Morgan fingerprint density at radius 1 is 1.20 bits per heavy atom. The lowest BCUT2D eigenvalue weighted by atomic mass is 10.1. The van der Waals surface area contributed by atoms with Crippen molar-refractivity contribution in [3.8, 4) is 0 Å². The van der Waals surface area contributed by atoms with E-state index in [4.69, 9.17) is 0 Å².